The molecule has 2 rings (SSSR count). The lowest BCUT2D eigenvalue weighted by molar-refractivity contribution is -0.121. The molecule has 1 aliphatic rings. The highest BCUT2D eigenvalue weighted by Crippen LogP contribution is 2.10. The van der Waals surface area contributed by atoms with Crippen LogP contribution in [0.1, 0.15) is 12.8 Å². The molecule has 2 heterocycles. The maximum Gasteiger partial charge on any atom is 0.241 e. The van der Waals surface area contributed by atoms with Gasteiger partial charge in [-0.3, -0.25) is 4.79 Å². The fourth-order valence-corrected chi connectivity index (χ4v) is 1.83. The highest BCUT2D eigenvalue weighted by molar-refractivity contribution is 5.75. The van der Waals surface area contributed by atoms with Crippen LogP contribution in [0.3, 0.4) is 0 Å². The summed E-state index contributed by atoms with van der Waals surface area (Å²) in [6.45, 7) is 3.09. The molecule has 0 spiro atoms. The maximum atomic E-state index is 11.4. The Balaban J connectivity index is 1.60. The van der Waals surface area contributed by atoms with E-state index >= 15 is 0 Å². The van der Waals surface area contributed by atoms with E-state index in [1.807, 2.05) is 0 Å². The third kappa shape index (κ3) is 3.27. The first-order chi connectivity index (χ1) is 7.84. The molecule has 7 nitrogen and oxygen atoms in total. The van der Waals surface area contributed by atoms with Gasteiger partial charge in [-0.25, -0.2) is 4.68 Å². The third-order valence-corrected chi connectivity index (χ3v) is 2.73. The van der Waals surface area contributed by atoms with Crippen LogP contribution in [-0.2, 0) is 11.3 Å². The fourth-order valence-electron chi connectivity index (χ4n) is 1.83. The fraction of sp³-hybridized carbons (Fsp3) is 0.778. The summed E-state index contributed by atoms with van der Waals surface area (Å²) in [6, 6.07) is 0. The topological polar surface area (TPSA) is 84.7 Å². The lowest BCUT2D eigenvalue weighted by Crippen LogP contribution is -2.30. The number of rotatable bonds is 5. The standard InChI is InChI=1S/C9H16N6O/c16-9(6-15-7-12-13-14-15)11-4-2-8-1-3-10-5-8/h7-8,10H,1-6H2,(H,11,16). The Kier molecular flexibility index (Phi) is 3.81. The lowest BCUT2D eigenvalue weighted by Gasteiger charge is -2.08. The van der Waals surface area contributed by atoms with E-state index < -0.39 is 0 Å². The average Bonchev–Trinajstić information content (AvgIpc) is 2.90. The van der Waals surface area contributed by atoms with Gasteiger partial charge >= 0.3 is 0 Å². The molecular formula is C9H16N6O. The zero-order valence-electron chi connectivity index (χ0n) is 9.09. The van der Waals surface area contributed by atoms with E-state index in [4.69, 9.17) is 0 Å². The second-order valence-corrected chi connectivity index (χ2v) is 4.00. The number of carbonyl (C=O) groups is 1. The Morgan fingerprint density at radius 3 is 3.25 bits per heavy atom. The van der Waals surface area contributed by atoms with Gasteiger partial charge in [-0.1, -0.05) is 0 Å². The van der Waals surface area contributed by atoms with E-state index in [0.29, 0.717) is 5.92 Å². The van der Waals surface area contributed by atoms with Gasteiger partial charge in [0.1, 0.15) is 12.9 Å². The number of nitrogens with one attached hydrogen (secondary N) is 2. The highest BCUT2D eigenvalue weighted by atomic mass is 16.2. The molecular weight excluding hydrogens is 208 g/mol. The van der Waals surface area contributed by atoms with Gasteiger partial charge in [0.2, 0.25) is 5.91 Å². The van der Waals surface area contributed by atoms with Crippen molar-refractivity contribution in [3.8, 4) is 0 Å². The molecule has 1 aliphatic heterocycles. The molecule has 1 aromatic heterocycles. The van der Waals surface area contributed by atoms with Crippen LogP contribution >= 0.6 is 0 Å². The first kappa shape index (κ1) is 11.0. The minimum atomic E-state index is -0.0433. The molecule has 0 saturated carbocycles. The van der Waals surface area contributed by atoms with Gasteiger partial charge in [-0.15, -0.1) is 5.10 Å². The lowest BCUT2D eigenvalue weighted by atomic mass is 10.1. The Hall–Kier alpha value is -1.50. The minimum absolute atomic E-state index is 0.0433. The number of tetrazole rings is 1. The number of aromatic nitrogens is 4. The van der Waals surface area contributed by atoms with Crippen molar-refractivity contribution in [1.82, 2.24) is 30.8 Å². The molecule has 88 valence electrons. The van der Waals surface area contributed by atoms with Crippen molar-refractivity contribution in [3.05, 3.63) is 6.33 Å². The predicted octanol–water partition coefficient (Wildman–Crippen LogP) is -1.21. The van der Waals surface area contributed by atoms with Crippen LogP contribution in [0.2, 0.25) is 0 Å². The van der Waals surface area contributed by atoms with E-state index in [1.165, 1.54) is 17.4 Å². The van der Waals surface area contributed by atoms with E-state index in [1.54, 1.807) is 0 Å². The van der Waals surface area contributed by atoms with E-state index in [0.717, 1.165) is 26.1 Å². The molecule has 0 radical (unpaired) electrons. The summed E-state index contributed by atoms with van der Waals surface area (Å²) in [5, 5.41) is 16.7. The van der Waals surface area contributed by atoms with Crippen molar-refractivity contribution in [2.45, 2.75) is 19.4 Å². The van der Waals surface area contributed by atoms with E-state index in [2.05, 4.69) is 26.2 Å². The summed E-state index contributed by atoms with van der Waals surface area (Å²) in [4.78, 5) is 11.4. The van der Waals surface area contributed by atoms with Gasteiger partial charge < -0.3 is 10.6 Å². The van der Waals surface area contributed by atoms with Gasteiger partial charge in [0.25, 0.3) is 0 Å². The molecule has 1 unspecified atom stereocenters. The van der Waals surface area contributed by atoms with Crippen molar-refractivity contribution in [2.24, 2.45) is 5.92 Å². The van der Waals surface area contributed by atoms with Gasteiger partial charge in [0, 0.05) is 6.54 Å². The van der Waals surface area contributed by atoms with Gasteiger partial charge in [-0.05, 0) is 42.3 Å². The first-order valence-corrected chi connectivity index (χ1v) is 5.53. The molecule has 7 heteroatoms. The van der Waals surface area contributed by atoms with Crippen molar-refractivity contribution in [1.29, 1.82) is 0 Å². The summed E-state index contributed by atoms with van der Waals surface area (Å²) < 4.78 is 1.41. The maximum absolute atomic E-state index is 11.4. The number of hydrogen-bond acceptors (Lipinski definition) is 5. The summed E-state index contributed by atoms with van der Waals surface area (Å²) >= 11 is 0. The van der Waals surface area contributed by atoms with E-state index in [-0.39, 0.29) is 12.5 Å². The van der Waals surface area contributed by atoms with Crippen LogP contribution in [0.5, 0.6) is 0 Å². The molecule has 1 amide bonds. The number of nitrogens with zero attached hydrogens (tertiary/aromatic N) is 4. The van der Waals surface area contributed by atoms with Crippen molar-refractivity contribution in [3.63, 3.8) is 0 Å². The van der Waals surface area contributed by atoms with Gasteiger partial charge in [0.05, 0.1) is 0 Å². The first-order valence-electron chi connectivity index (χ1n) is 5.53. The second kappa shape index (κ2) is 5.55. The molecule has 2 N–H and O–H groups in total. The summed E-state index contributed by atoms with van der Waals surface area (Å²) in [7, 11) is 0. The smallest absolute Gasteiger partial charge is 0.241 e. The van der Waals surface area contributed by atoms with Crippen LogP contribution < -0.4 is 10.6 Å². The third-order valence-electron chi connectivity index (χ3n) is 2.73. The average molecular weight is 224 g/mol. The Morgan fingerprint density at radius 2 is 2.56 bits per heavy atom. The quantitative estimate of drug-likeness (QED) is 0.655. The molecule has 1 fully saturated rings. The number of hydrogen-bond donors (Lipinski definition) is 2. The van der Waals surface area contributed by atoms with Crippen LogP contribution in [0.25, 0.3) is 0 Å². The van der Waals surface area contributed by atoms with Crippen molar-refractivity contribution >= 4 is 5.91 Å². The minimum Gasteiger partial charge on any atom is -0.354 e. The van der Waals surface area contributed by atoms with Crippen LogP contribution in [0, 0.1) is 5.92 Å². The predicted molar refractivity (Wildman–Crippen MR) is 56.4 cm³/mol. The molecule has 16 heavy (non-hydrogen) atoms. The monoisotopic (exact) mass is 224 g/mol. The SMILES string of the molecule is O=C(Cn1cnnn1)NCCC1CCNC1. The summed E-state index contributed by atoms with van der Waals surface area (Å²) in [6.07, 6.45) is 3.68. The van der Waals surface area contributed by atoms with Crippen LogP contribution in [-0.4, -0.2) is 45.7 Å². The normalized spacial score (nSPS) is 19.9. The second-order valence-electron chi connectivity index (χ2n) is 4.00. The summed E-state index contributed by atoms with van der Waals surface area (Å²) in [5.41, 5.74) is 0. The molecule has 1 atom stereocenters. The zero-order chi connectivity index (χ0) is 11.2. The number of amides is 1. The van der Waals surface area contributed by atoms with Crippen molar-refractivity contribution < 1.29 is 4.79 Å². The van der Waals surface area contributed by atoms with E-state index in [9.17, 15) is 4.79 Å². The molecule has 0 bridgehead atoms. The highest BCUT2D eigenvalue weighted by Gasteiger charge is 2.14. The van der Waals surface area contributed by atoms with Crippen LogP contribution in [0.15, 0.2) is 6.33 Å². The molecule has 1 saturated heterocycles. The summed E-state index contributed by atoms with van der Waals surface area (Å²) in [5.74, 6) is 0.659. The molecule has 1 aromatic rings. The zero-order valence-corrected chi connectivity index (χ0v) is 9.09. The molecule has 0 aromatic carbocycles. The Morgan fingerprint density at radius 1 is 1.62 bits per heavy atom. The van der Waals surface area contributed by atoms with Crippen LogP contribution in [0.4, 0.5) is 0 Å². The number of carbonyl (C=O) groups excluding carboxylic acids is 1. The van der Waals surface area contributed by atoms with Crippen molar-refractivity contribution in [2.75, 3.05) is 19.6 Å². The van der Waals surface area contributed by atoms with Gasteiger partial charge in [0.15, 0.2) is 0 Å². The Labute approximate surface area is 93.6 Å². The molecule has 0 aliphatic carbocycles. The largest absolute Gasteiger partial charge is 0.354 e. The van der Waals surface area contributed by atoms with Gasteiger partial charge in [-0.2, -0.15) is 0 Å². The Bertz CT molecular complexity index is 319.